The topological polar surface area (TPSA) is 133 Å². The second-order valence-corrected chi connectivity index (χ2v) is 10.6. The fraction of sp³-hybridized carbons (Fsp3) is 0.414. The van der Waals surface area contributed by atoms with Gasteiger partial charge in [-0.25, -0.2) is 4.98 Å². The Morgan fingerprint density at radius 3 is 2.63 bits per heavy atom. The number of nitrogens with one attached hydrogen (secondary N) is 1. The zero-order valence-corrected chi connectivity index (χ0v) is 24.0. The van der Waals surface area contributed by atoms with Crippen LogP contribution in [-0.2, 0) is 16.6 Å². The van der Waals surface area contributed by atoms with Crippen molar-refractivity contribution in [1.82, 2.24) is 40.3 Å². The molecular formula is C29H35N9O3. The minimum Gasteiger partial charge on any atom is -0.438 e. The highest BCUT2D eigenvalue weighted by molar-refractivity contribution is 5.95. The van der Waals surface area contributed by atoms with Gasteiger partial charge in [0.05, 0.1) is 12.1 Å². The smallest absolute Gasteiger partial charge is 0.310 e. The van der Waals surface area contributed by atoms with Crippen LogP contribution in [0.2, 0.25) is 0 Å². The molecule has 5 rings (SSSR count). The van der Waals surface area contributed by atoms with Crippen LogP contribution in [0, 0.1) is 12.8 Å². The van der Waals surface area contributed by atoms with Gasteiger partial charge in [0, 0.05) is 43.5 Å². The Hall–Kier alpha value is -4.61. The number of amides is 1. The van der Waals surface area contributed by atoms with Crippen molar-refractivity contribution >= 4 is 17.7 Å². The minimum atomic E-state index is -0.704. The number of esters is 1. The number of benzene rings is 1. The Morgan fingerprint density at radius 2 is 1.90 bits per heavy atom. The lowest BCUT2D eigenvalue weighted by molar-refractivity contribution is -0.158. The largest absolute Gasteiger partial charge is 0.438 e. The van der Waals surface area contributed by atoms with Crippen molar-refractivity contribution < 1.29 is 14.3 Å². The predicted molar refractivity (Wildman–Crippen MR) is 153 cm³/mol. The zero-order valence-electron chi connectivity index (χ0n) is 24.0. The van der Waals surface area contributed by atoms with Crippen molar-refractivity contribution in [1.29, 1.82) is 0 Å². The maximum Gasteiger partial charge on any atom is 0.310 e. The molecule has 0 aliphatic carbocycles. The third kappa shape index (κ3) is 6.11. The van der Waals surface area contributed by atoms with E-state index in [1.165, 1.54) is 4.80 Å². The first-order valence-electron chi connectivity index (χ1n) is 13.8. The first-order chi connectivity index (χ1) is 19.7. The van der Waals surface area contributed by atoms with Gasteiger partial charge in [0.1, 0.15) is 11.5 Å². The molecular weight excluding hydrogens is 522 g/mol. The van der Waals surface area contributed by atoms with Gasteiger partial charge >= 0.3 is 5.97 Å². The summed E-state index contributed by atoms with van der Waals surface area (Å²) in [7, 11) is 1.80. The summed E-state index contributed by atoms with van der Waals surface area (Å²) < 4.78 is 7.06. The molecule has 1 aliphatic rings. The molecule has 0 saturated carbocycles. The van der Waals surface area contributed by atoms with E-state index in [4.69, 9.17) is 4.74 Å². The highest BCUT2D eigenvalue weighted by atomic mass is 16.6. The van der Waals surface area contributed by atoms with Crippen LogP contribution in [0.5, 0.6) is 0 Å². The molecule has 1 fully saturated rings. The van der Waals surface area contributed by atoms with E-state index in [2.05, 4.69) is 48.7 Å². The first kappa shape index (κ1) is 27.9. The van der Waals surface area contributed by atoms with Crippen molar-refractivity contribution in [3.63, 3.8) is 0 Å². The molecule has 12 heteroatoms. The Bertz CT molecular complexity index is 1530. The number of aromatic nitrogens is 7. The highest BCUT2D eigenvalue weighted by Gasteiger charge is 2.25. The van der Waals surface area contributed by atoms with E-state index in [1.807, 2.05) is 36.5 Å². The lowest BCUT2D eigenvalue weighted by atomic mass is 10.0. The highest BCUT2D eigenvalue weighted by Crippen LogP contribution is 2.30. The summed E-state index contributed by atoms with van der Waals surface area (Å²) in [5, 5.41) is 20.3. The van der Waals surface area contributed by atoms with Crippen LogP contribution in [0.25, 0.3) is 22.6 Å². The van der Waals surface area contributed by atoms with Gasteiger partial charge in [-0.15, -0.1) is 15.0 Å². The number of aryl methyl sites for hydroxylation is 2. The molecule has 1 N–H and O–H groups in total. The molecule has 1 amide bonds. The molecule has 1 unspecified atom stereocenters. The molecule has 0 bridgehead atoms. The Morgan fingerprint density at radius 1 is 1.12 bits per heavy atom. The molecule has 41 heavy (non-hydrogen) atoms. The number of ether oxygens (including phenoxy) is 1. The number of piperidine rings is 1. The van der Waals surface area contributed by atoms with Crippen LogP contribution in [0.15, 0.2) is 48.8 Å². The Balaban J connectivity index is 1.27. The average molecular weight is 558 g/mol. The molecule has 1 aromatic carbocycles. The molecule has 3 aromatic heterocycles. The molecule has 2 atom stereocenters. The van der Waals surface area contributed by atoms with Crippen molar-refractivity contribution in [3.05, 3.63) is 59.9 Å². The number of carbonyl (C=O) groups excluding carboxylic acids is 2. The minimum absolute atomic E-state index is 0.0400. The molecule has 0 radical (unpaired) electrons. The van der Waals surface area contributed by atoms with Crippen LogP contribution in [0.4, 0.5) is 5.82 Å². The van der Waals surface area contributed by atoms with E-state index < -0.39 is 6.23 Å². The second kappa shape index (κ2) is 11.9. The van der Waals surface area contributed by atoms with E-state index in [9.17, 15) is 9.59 Å². The van der Waals surface area contributed by atoms with Crippen LogP contribution >= 0.6 is 0 Å². The Labute approximate surface area is 238 Å². The standard InChI is InChI=1S/C29H35N9O3/c1-18(2)29(40)41-20(4)38-34-26(33-35-38)25-24(16-31-36(25)5)21-10-12-22(13-11-21)28(39)32-23-9-7-15-37(17-23)27-19(3)8-6-14-30-27/h6,8,10-14,16,18,20,23H,7,9,15,17H2,1-5H3,(H,32,39)/t20?,23-/m1/s1. The third-order valence-corrected chi connectivity index (χ3v) is 7.16. The first-order valence-corrected chi connectivity index (χ1v) is 13.8. The van der Waals surface area contributed by atoms with E-state index in [-0.39, 0.29) is 23.8 Å². The SMILES string of the molecule is Cc1cccnc1N1CCC[C@@H](NC(=O)c2ccc(-c3cnn(C)c3-c3nnn(C(C)OC(=O)C(C)C)n3)cc2)C1. The van der Waals surface area contributed by atoms with Crippen molar-refractivity contribution in [2.45, 2.75) is 52.8 Å². The quantitative estimate of drug-likeness (QED) is 0.323. The van der Waals surface area contributed by atoms with Gasteiger partial charge in [-0.05, 0) is 61.2 Å². The number of tetrazole rings is 1. The summed E-state index contributed by atoms with van der Waals surface area (Å²) in [5.41, 5.74) is 4.01. The molecule has 12 nitrogen and oxygen atoms in total. The maximum atomic E-state index is 13.1. The van der Waals surface area contributed by atoms with Crippen molar-refractivity contribution in [2.24, 2.45) is 13.0 Å². The molecule has 4 heterocycles. The van der Waals surface area contributed by atoms with Gasteiger partial charge < -0.3 is 15.0 Å². The number of rotatable bonds is 8. The summed E-state index contributed by atoms with van der Waals surface area (Å²) in [4.78, 5) is 33.1. The molecule has 214 valence electrons. The molecule has 1 saturated heterocycles. The Kier molecular flexibility index (Phi) is 8.09. The predicted octanol–water partition coefficient (Wildman–Crippen LogP) is 3.56. The lowest BCUT2D eigenvalue weighted by Gasteiger charge is -2.34. The molecule has 0 spiro atoms. The van der Waals surface area contributed by atoms with E-state index in [1.54, 1.807) is 38.7 Å². The van der Waals surface area contributed by atoms with Crippen LogP contribution in [-0.4, -0.2) is 66.0 Å². The van der Waals surface area contributed by atoms with Gasteiger partial charge in [0.25, 0.3) is 5.91 Å². The van der Waals surface area contributed by atoms with E-state index in [0.29, 0.717) is 17.1 Å². The average Bonchev–Trinajstić information content (AvgIpc) is 3.60. The lowest BCUT2D eigenvalue weighted by Crippen LogP contribution is -2.48. The number of anilines is 1. The summed E-state index contributed by atoms with van der Waals surface area (Å²) in [6.45, 7) is 8.92. The van der Waals surface area contributed by atoms with Gasteiger partial charge in [-0.3, -0.25) is 14.3 Å². The third-order valence-electron chi connectivity index (χ3n) is 7.16. The van der Waals surface area contributed by atoms with Crippen LogP contribution < -0.4 is 10.2 Å². The molecule has 1 aliphatic heterocycles. The van der Waals surface area contributed by atoms with E-state index in [0.717, 1.165) is 48.4 Å². The normalized spacial score (nSPS) is 16.0. The summed E-state index contributed by atoms with van der Waals surface area (Å²) in [6.07, 6.45) is 4.74. The van der Waals surface area contributed by atoms with Crippen molar-refractivity contribution in [2.75, 3.05) is 18.0 Å². The number of hydrogen-bond acceptors (Lipinski definition) is 9. The number of hydrogen-bond donors (Lipinski definition) is 1. The van der Waals surface area contributed by atoms with E-state index >= 15 is 0 Å². The fourth-order valence-corrected chi connectivity index (χ4v) is 4.90. The zero-order chi connectivity index (χ0) is 29.1. The summed E-state index contributed by atoms with van der Waals surface area (Å²) in [5.74, 6) is 0.609. The van der Waals surface area contributed by atoms with Crippen LogP contribution in [0.1, 0.15) is 55.8 Å². The van der Waals surface area contributed by atoms with Gasteiger partial charge in [-0.2, -0.15) is 5.10 Å². The monoisotopic (exact) mass is 557 g/mol. The number of nitrogens with zero attached hydrogens (tertiary/aromatic N) is 8. The van der Waals surface area contributed by atoms with Crippen LogP contribution in [0.3, 0.4) is 0 Å². The van der Waals surface area contributed by atoms with Crippen molar-refractivity contribution in [3.8, 4) is 22.6 Å². The second-order valence-electron chi connectivity index (χ2n) is 10.6. The number of carbonyl (C=O) groups is 2. The molecule has 4 aromatic rings. The fourth-order valence-electron chi connectivity index (χ4n) is 4.90. The van der Waals surface area contributed by atoms with Gasteiger partial charge in [-0.1, -0.05) is 32.0 Å². The van der Waals surface area contributed by atoms with Gasteiger partial charge in [0.15, 0.2) is 0 Å². The van der Waals surface area contributed by atoms with Gasteiger partial charge in [0.2, 0.25) is 12.1 Å². The summed E-state index contributed by atoms with van der Waals surface area (Å²) in [6, 6.07) is 11.4. The summed E-state index contributed by atoms with van der Waals surface area (Å²) >= 11 is 0. The number of pyridine rings is 1. The maximum absolute atomic E-state index is 13.1.